The van der Waals surface area contributed by atoms with Crippen molar-refractivity contribution in [2.75, 3.05) is 0 Å². The summed E-state index contributed by atoms with van der Waals surface area (Å²) in [5, 5.41) is 5.97. The van der Waals surface area contributed by atoms with E-state index >= 15 is 0 Å². The predicted molar refractivity (Wildman–Crippen MR) is 105 cm³/mol. The lowest BCUT2D eigenvalue weighted by atomic mass is 10.1. The van der Waals surface area contributed by atoms with Crippen molar-refractivity contribution in [3.8, 4) is 0 Å². The van der Waals surface area contributed by atoms with E-state index in [-0.39, 0.29) is 23.4 Å². The minimum absolute atomic E-state index is 0.133. The molecule has 0 aliphatic carbocycles. The Bertz CT molecular complexity index is 834. The number of carbonyl (C=O) groups is 2. The number of hydrogen-bond donors (Lipinski definition) is 2. The number of carbonyl (C=O) groups excluding carboxylic acids is 2. The molecule has 1 aliphatic heterocycles. The second-order valence-corrected chi connectivity index (χ2v) is 8.15. The number of benzene rings is 1. The number of fused-ring (bicyclic) bond motifs is 1. The molecule has 1 atom stereocenters. The summed E-state index contributed by atoms with van der Waals surface area (Å²) in [6.45, 7) is 8.46. The van der Waals surface area contributed by atoms with Crippen LogP contribution in [0.3, 0.4) is 0 Å². The van der Waals surface area contributed by atoms with Gasteiger partial charge in [0.1, 0.15) is 5.69 Å². The van der Waals surface area contributed by atoms with E-state index in [1.807, 2.05) is 62.6 Å². The molecule has 27 heavy (non-hydrogen) atoms. The summed E-state index contributed by atoms with van der Waals surface area (Å²) in [7, 11) is 0. The van der Waals surface area contributed by atoms with Crippen LogP contribution in [0.15, 0.2) is 30.3 Å². The van der Waals surface area contributed by atoms with Crippen molar-refractivity contribution in [3.05, 3.63) is 53.1 Å². The van der Waals surface area contributed by atoms with Crippen molar-refractivity contribution >= 4 is 11.8 Å². The highest BCUT2D eigenvalue weighted by molar-refractivity contribution is 5.97. The van der Waals surface area contributed by atoms with E-state index in [2.05, 4.69) is 15.6 Å². The van der Waals surface area contributed by atoms with Gasteiger partial charge in [-0.25, -0.2) is 4.98 Å². The van der Waals surface area contributed by atoms with Gasteiger partial charge in [-0.3, -0.25) is 9.59 Å². The number of aromatic nitrogens is 2. The van der Waals surface area contributed by atoms with Crippen molar-refractivity contribution in [2.45, 2.75) is 65.1 Å². The SMILES string of the molecule is CC(NC(=O)c1nc(C(=O)NC(C)(C)C)n2c1CCCC2)c1ccccc1. The first-order valence-electron chi connectivity index (χ1n) is 9.54. The number of hydrogen-bond acceptors (Lipinski definition) is 3. The first-order chi connectivity index (χ1) is 12.8. The fraction of sp³-hybridized carbons (Fsp3) is 0.476. The number of amides is 2. The zero-order valence-electron chi connectivity index (χ0n) is 16.5. The molecule has 6 nitrogen and oxygen atoms in total. The molecule has 0 radical (unpaired) electrons. The number of rotatable bonds is 4. The Morgan fingerprint density at radius 2 is 1.81 bits per heavy atom. The summed E-state index contributed by atoms with van der Waals surface area (Å²) in [5.41, 5.74) is 1.90. The smallest absolute Gasteiger partial charge is 0.287 e. The molecule has 1 aromatic heterocycles. The van der Waals surface area contributed by atoms with E-state index in [1.165, 1.54) is 0 Å². The summed E-state index contributed by atoms with van der Waals surface area (Å²) in [6, 6.07) is 9.68. The minimum atomic E-state index is -0.359. The Kier molecular flexibility index (Phi) is 5.35. The van der Waals surface area contributed by atoms with Gasteiger partial charge in [-0.2, -0.15) is 0 Å². The van der Waals surface area contributed by atoms with Gasteiger partial charge in [0.05, 0.1) is 11.7 Å². The first kappa shape index (κ1) is 19.1. The van der Waals surface area contributed by atoms with Crippen LogP contribution in [0.25, 0.3) is 0 Å². The van der Waals surface area contributed by atoms with Gasteiger partial charge in [-0.1, -0.05) is 30.3 Å². The first-order valence-corrected chi connectivity index (χ1v) is 9.54. The van der Waals surface area contributed by atoms with Gasteiger partial charge in [0, 0.05) is 12.1 Å². The molecular formula is C21H28N4O2. The van der Waals surface area contributed by atoms with E-state index < -0.39 is 0 Å². The second kappa shape index (κ2) is 7.55. The fourth-order valence-electron chi connectivity index (χ4n) is 3.38. The molecule has 2 heterocycles. The third kappa shape index (κ3) is 4.38. The number of nitrogens with one attached hydrogen (secondary N) is 2. The molecule has 2 aromatic rings. The van der Waals surface area contributed by atoms with Crippen LogP contribution in [-0.2, 0) is 13.0 Å². The number of nitrogens with zero attached hydrogens (tertiary/aromatic N) is 2. The maximum absolute atomic E-state index is 12.9. The predicted octanol–water partition coefficient (Wildman–Crippen LogP) is 3.24. The molecule has 0 spiro atoms. The van der Waals surface area contributed by atoms with Crippen LogP contribution in [0.5, 0.6) is 0 Å². The van der Waals surface area contributed by atoms with Crippen molar-refractivity contribution in [2.24, 2.45) is 0 Å². The van der Waals surface area contributed by atoms with Crippen LogP contribution in [-0.4, -0.2) is 26.9 Å². The van der Waals surface area contributed by atoms with Crippen LogP contribution in [0.1, 0.15) is 78.9 Å². The van der Waals surface area contributed by atoms with Gasteiger partial charge in [0.25, 0.3) is 11.8 Å². The van der Waals surface area contributed by atoms with Gasteiger partial charge < -0.3 is 15.2 Å². The Morgan fingerprint density at radius 1 is 1.11 bits per heavy atom. The van der Waals surface area contributed by atoms with Crippen LogP contribution in [0.4, 0.5) is 0 Å². The van der Waals surface area contributed by atoms with Gasteiger partial charge in [-0.05, 0) is 52.5 Å². The van der Waals surface area contributed by atoms with Crippen molar-refractivity contribution < 1.29 is 9.59 Å². The van der Waals surface area contributed by atoms with Crippen LogP contribution in [0.2, 0.25) is 0 Å². The molecule has 0 saturated carbocycles. The molecule has 6 heteroatoms. The average Bonchev–Trinajstić information content (AvgIpc) is 3.01. The van der Waals surface area contributed by atoms with E-state index in [4.69, 9.17) is 0 Å². The molecule has 1 aromatic carbocycles. The summed E-state index contributed by atoms with van der Waals surface area (Å²) in [4.78, 5) is 30.1. The summed E-state index contributed by atoms with van der Waals surface area (Å²) < 4.78 is 1.91. The Balaban J connectivity index is 1.87. The molecule has 2 N–H and O–H groups in total. The fourth-order valence-corrected chi connectivity index (χ4v) is 3.38. The Hall–Kier alpha value is -2.63. The summed E-state index contributed by atoms with van der Waals surface area (Å²) in [6.07, 6.45) is 2.75. The van der Waals surface area contributed by atoms with E-state index in [0.717, 1.165) is 37.1 Å². The van der Waals surface area contributed by atoms with Crippen molar-refractivity contribution in [1.82, 2.24) is 20.2 Å². The maximum atomic E-state index is 12.9. The average molecular weight is 368 g/mol. The monoisotopic (exact) mass is 368 g/mol. The summed E-state index contributed by atoms with van der Waals surface area (Å²) >= 11 is 0. The molecule has 3 rings (SSSR count). The van der Waals surface area contributed by atoms with E-state index in [0.29, 0.717) is 11.5 Å². The number of imidazole rings is 1. The van der Waals surface area contributed by atoms with Crippen LogP contribution < -0.4 is 10.6 Å². The topological polar surface area (TPSA) is 76.0 Å². The Morgan fingerprint density at radius 3 is 2.48 bits per heavy atom. The van der Waals surface area contributed by atoms with Gasteiger partial charge in [-0.15, -0.1) is 0 Å². The highest BCUT2D eigenvalue weighted by Crippen LogP contribution is 2.22. The van der Waals surface area contributed by atoms with Crippen LogP contribution >= 0.6 is 0 Å². The lowest BCUT2D eigenvalue weighted by Crippen LogP contribution is -2.42. The van der Waals surface area contributed by atoms with Crippen molar-refractivity contribution in [3.63, 3.8) is 0 Å². The Labute approximate surface area is 160 Å². The molecule has 1 unspecified atom stereocenters. The second-order valence-electron chi connectivity index (χ2n) is 8.15. The zero-order valence-corrected chi connectivity index (χ0v) is 16.5. The summed E-state index contributed by atoms with van der Waals surface area (Å²) in [5.74, 6) is -0.134. The normalized spacial score (nSPS) is 15.0. The highest BCUT2D eigenvalue weighted by Gasteiger charge is 2.29. The highest BCUT2D eigenvalue weighted by atomic mass is 16.2. The molecule has 0 fully saturated rings. The molecule has 2 amide bonds. The molecule has 0 bridgehead atoms. The third-order valence-corrected chi connectivity index (χ3v) is 4.67. The minimum Gasteiger partial charge on any atom is -0.345 e. The van der Waals surface area contributed by atoms with E-state index in [1.54, 1.807) is 0 Å². The standard InChI is InChI=1S/C21H28N4O2/c1-14(15-10-6-5-7-11-15)22-19(26)17-16-12-8-9-13-25(16)18(23-17)20(27)24-21(2,3)4/h5-7,10-11,14H,8-9,12-13H2,1-4H3,(H,22,26)(H,24,27). The van der Waals surface area contributed by atoms with Crippen LogP contribution in [0, 0.1) is 0 Å². The lowest BCUT2D eigenvalue weighted by Gasteiger charge is -2.22. The maximum Gasteiger partial charge on any atom is 0.287 e. The van der Waals surface area contributed by atoms with Gasteiger partial charge in [0.15, 0.2) is 5.82 Å². The molecule has 144 valence electrons. The molecular weight excluding hydrogens is 340 g/mol. The van der Waals surface area contributed by atoms with E-state index in [9.17, 15) is 9.59 Å². The largest absolute Gasteiger partial charge is 0.345 e. The quantitative estimate of drug-likeness (QED) is 0.870. The van der Waals surface area contributed by atoms with Crippen molar-refractivity contribution in [1.29, 1.82) is 0 Å². The van der Waals surface area contributed by atoms with Gasteiger partial charge in [0.2, 0.25) is 0 Å². The third-order valence-electron chi connectivity index (χ3n) is 4.67. The molecule has 1 aliphatic rings. The lowest BCUT2D eigenvalue weighted by molar-refractivity contribution is 0.0903. The zero-order chi connectivity index (χ0) is 19.6. The molecule has 0 saturated heterocycles. The van der Waals surface area contributed by atoms with Gasteiger partial charge >= 0.3 is 0 Å².